The molecule has 2 aromatic carbocycles. The van der Waals surface area contributed by atoms with E-state index in [1.54, 1.807) is 35.2 Å². The molecule has 9 nitrogen and oxygen atoms in total. The number of unbranched alkanes of at least 4 members (excludes halogenated alkanes) is 2. The first kappa shape index (κ1) is 30.1. The predicted molar refractivity (Wildman–Crippen MR) is 151 cm³/mol. The standard InChI is InChI=1S/C29H36ClN2O7P/c1-37-26(33)15-9-4-10-18-31-28(34)27-24-17-16-22(32(24)29(35)38-20-21-11-5-2-6-12-21)19-25(27)39-40(30,36)23-13-7-3-8-14-23/h2-3,5-8,11-14,22,24-25,27H,4,9-10,15-20H2,1H3,(H,31,34)/t22-,24+,25-,27+,40?/m0/s1. The lowest BCUT2D eigenvalue weighted by molar-refractivity contribution is -0.140. The number of carbonyl (C=O) groups is 3. The van der Waals surface area contributed by atoms with Crippen molar-refractivity contribution in [2.75, 3.05) is 13.7 Å². The van der Waals surface area contributed by atoms with Gasteiger partial charge in [0.1, 0.15) is 6.61 Å². The van der Waals surface area contributed by atoms with Crippen LogP contribution in [0.3, 0.4) is 0 Å². The third kappa shape index (κ3) is 7.65. The lowest BCUT2D eigenvalue weighted by atomic mass is 9.87. The minimum atomic E-state index is -3.75. The number of benzene rings is 2. The molecule has 2 fully saturated rings. The molecule has 2 saturated heterocycles. The van der Waals surface area contributed by atoms with Gasteiger partial charge in [-0.05, 0) is 61.0 Å². The molecule has 4 rings (SSSR count). The van der Waals surface area contributed by atoms with Crippen LogP contribution in [0.25, 0.3) is 0 Å². The number of ether oxygens (including phenoxy) is 2. The number of carbonyl (C=O) groups excluding carboxylic acids is 3. The third-order valence-electron chi connectivity index (χ3n) is 7.50. The number of amides is 2. The molecule has 11 heteroatoms. The molecule has 40 heavy (non-hydrogen) atoms. The van der Waals surface area contributed by atoms with E-state index in [4.69, 9.17) is 20.5 Å². The van der Waals surface area contributed by atoms with Gasteiger partial charge in [0.2, 0.25) is 5.91 Å². The Morgan fingerprint density at radius 3 is 2.40 bits per heavy atom. The van der Waals surface area contributed by atoms with E-state index in [2.05, 4.69) is 10.1 Å². The van der Waals surface area contributed by atoms with Crippen LogP contribution in [0.15, 0.2) is 60.7 Å². The third-order valence-corrected chi connectivity index (χ3v) is 9.79. The summed E-state index contributed by atoms with van der Waals surface area (Å²) in [7, 11) is 1.36. The summed E-state index contributed by atoms with van der Waals surface area (Å²) >= 11 is 6.45. The zero-order valence-electron chi connectivity index (χ0n) is 22.6. The number of nitrogens with one attached hydrogen (secondary N) is 1. The number of methoxy groups -OCH3 is 1. The molecule has 0 aliphatic carbocycles. The summed E-state index contributed by atoms with van der Waals surface area (Å²) in [5.74, 6) is -1.31. The second kappa shape index (κ2) is 14.2. The lowest BCUT2D eigenvalue weighted by Crippen LogP contribution is -2.58. The van der Waals surface area contributed by atoms with Gasteiger partial charge in [0, 0.05) is 25.0 Å². The van der Waals surface area contributed by atoms with Crippen molar-refractivity contribution in [2.45, 2.75) is 69.7 Å². The van der Waals surface area contributed by atoms with Gasteiger partial charge < -0.3 is 24.2 Å². The van der Waals surface area contributed by atoms with Crippen molar-refractivity contribution in [1.29, 1.82) is 0 Å². The number of esters is 1. The largest absolute Gasteiger partial charge is 0.469 e. The van der Waals surface area contributed by atoms with Gasteiger partial charge in [0.05, 0.1) is 24.4 Å². The van der Waals surface area contributed by atoms with Gasteiger partial charge in [-0.15, -0.1) is 0 Å². The minimum Gasteiger partial charge on any atom is -0.469 e. The van der Waals surface area contributed by atoms with Gasteiger partial charge >= 0.3 is 18.8 Å². The van der Waals surface area contributed by atoms with Crippen molar-refractivity contribution in [1.82, 2.24) is 10.2 Å². The molecule has 2 heterocycles. The first-order valence-corrected chi connectivity index (χ1v) is 16.2. The van der Waals surface area contributed by atoms with Gasteiger partial charge in [-0.25, -0.2) is 4.79 Å². The smallest absolute Gasteiger partial charge is 0.410 e. The van der Waals surface area contributed by atoms with Gasteiger partial charge in [-0.1, -0.05) is 55.0 Å². The van der Waals surface area contributed by atoms with Crippen LogP contribution in [0, 0.1) is 5.92 Å². The van der Waals surface area contributed by atoms with Crippen LogP contribution < -0.4 is 10.6 Å². The molecule has 0 radical (unpaired) electrons. The van der Waals surface area contributed by atoms with Crippen molar-refractivity contribution >= 4 is 41.2 Å². The maximum absolute atomic E-state index is 13.6. The number of halogens is 1. The van der Waals surface area contributed by atoms with Crippen LogP contribution in [-0.4, -0.2) is 54.7 Å². The van der Waals surface area contributed by atoms with Crippen molar-refractivity contribution in [3.63, 3.8) is 0 Å². The average Bonchev–Trinajstić information content (AvgIpc) is 3.28. The number of hydrogen-bond donors (Lipinski definition) is 1. The quantitative estimate of drug-likeness (QED) is 0.206. The van der Waals surface area contributed by atoms with E-state index in [9.17, 15) is 18.9 Å². The average molecular weight is 591 g/mol. The second-order valence-electron chi connectivity index (χ2n) is 10.1. The van der Waals surface area contributed by atoms with Gasteiger partial charge in [-0.3, -0.25) is 14.2 Å². The zero-order chi connectivity index (χ0) is 28.5. The van der Waals surface area contributed by atoms with Crippen molar-refractivity contribution in [3.05, 3.63) is 66.2 Å². The Labute approximate surface area is 239 Å². The zero-order valence-corrected chi connectivity index (χ0v) is 24.2. The summed E-state index contributed by atoms with van der Waals surface area (Å²) in [5.41, 5.74) is 0.869. The molecule has 2 bridgehead atoms. The highest BCUT2D eigenvalue weighted by atomic mass is 35.7. The SMILES string of the molecule is COC(=O)CCCCCNC(=O)[C@H]1[C@@H](OP(=O)(Cl)c2ccccc2)C[C@@H]2CC[C@H]1N2C(=O)OCc1ccccc1. The molecular formula is C29H36ClN2O7P. The molecule has 2 aliphatic heterocycles. The molecular weight excluding hydrogens is 555 g/mol. The lowest BCUT2D eigenvalue weighted by Gasteiger charge is -2.43. The van der Waals surface area contributed by atoms with Crippen molar-refractivity contribution < 1.29 is 32.9 Å². The number of nitrogens with zero attached hydrogens (tertiary/aromatic N) is 1. The van der Waals surface area contributed by atoms with Crippen molar-refractivity contribution in [3.8, 4) is 0 Å². The summed E-state index contributed by atoms with van der Waals surface area (Å²) in [5, 5.41) is 3.32. The van der Waals surface area contributed by atoms with E-state index in [0.717, 1.165) is 12.0 Å². The number of piperidine rings is 1. The molecule has 1 N–H and O–H groups in total. The monoisotopic (exact) mass is 590 g/mol. The van der Waals surface area contributed by atoms with E-state index in [-0.39, 0.29) is 24.5 Å². The Morgan fingerprint density at radius 1 is 1.00 bits per heavy atom. The molecule has 216 valence electrons. The fourth-order valence-electron chi connectivity index (χ4n) is 5.53. The predicted octanol–water partition coefficient (Wildman–Crippen LogP) is 5.17. The summed E-state index contributed by atoms with van der Waals surface area (Å²) in [4.78, 5) is 39.8. The van der Waals surface area contributed by atoms with Crippen molar-refractivity contribution in [2.24, 2.45) is 5.92 Å². The van der Waals surface area contributed by atoms with E-state index < -0.39 is 30.9 Å². The van der Waals surface area contributed by atoms with Crippen LogP contribution >= 0.6 is 18.0 Å². The number of hydrogen-bond acceptors (Lipinski definition) is 7. The maximum atomic E-state index is 13.6. The second-order valence-corrected chi connectivity index (χ2v) is 13.2. The molecule has 1 unspecified atom stereocenters. The van der Waals surface area contributed by atoms with Crippen LogP contribution in [0.2, 0.25) is 0 Å². The topological polar surface area (TPSA) is 111 Å². The van der Waals surface area contributed by atoms with E-state index in [0.29, 0.717) is 50.4 Å². The molecule has 2 aliphatic rings. The molecule has 0 spiro atoms. The van der Waals surface area contributed by atoms with Gasteiger partial charge in [0.25, 0.3) is 0 Å². The summed E-state index contributed by atoms with van der Waals surface area (Å²) in [6.45, 7) is -3.23. The first-order valence-electron chi connectivity index (χ1n) is 13.7. The Hall–Kier alpha value is -2.87. The Morgan fingerprint density at radius 2 is 1.70 bits per heavy atom. The van der Waals surface area contributed by atoms with E-state index >= 15 is 0 Å². The van der Waals surface area contributed by atoms with E-state index in [1.807, 2.05) is 30.3 Å². The summed E-state index contributed by atoms with van der Waals surface area (Å²) in [6, 6.07) is 17.3. The van der Waals surface area contributed by atoms with E-state index in [1.165, 1.54) is 7.11 Å². The number of fused-ring (bicyclic) bond motifs is 2. The fraction of sp³-hybridized carbons (Fsp3) is 0.483. The van der Waals surface area contributed by atoms with Crippen LogP contribution in [0.1, 0.15) is 50.5 Å². The molecule has 0 saturated carbocycles. The Balaban J connectivity index is 1.45. The van der Waals surface area contributed by atoms with Gasteiger partial charge in [-0.2, -0.15) is 0 Å². The van der Waals surface area contributed by atoms with Gasteiger partial charge in [0.15, 0.2) is 0 Å². The normalized spacial score (nSPS) is 23.2. The Bertz CT molecular complexity index is 1200. The minimum absolute atomic E-state index is 0.128. The molecule has 5 atom stereocenters. The summed E-state index contributed by atoms with van der Waals surface area (Å²) < 4.78 is 29.8. The number of rotatable bonds is 12. The Kier molecular flexibility index (Phi) is 10.6. The highest BCUT2D eigenvalue weighted by Gasteiger charge is 2.54. The molecule has 0 aromatic heterocycles. The molecule has 2 amide bonds. The fourth-order valence-corrected chi connectivity index (χ4v) is 7.39. The highest BCUT2D eigenvalue weighted by Crippen LogP contribution is 2.55. The molecule has 2 aromatic rings. The highest BCUT2D eigenvalue weighted by molar-refractivity contribution is 7.91. The first-order chi connectivity index (χ1) is 19.3. The van der Waals surface area contributed by atoms with Crippen LogP contribution in [-0.2, 0) is 34.8 Å². The maximum Gasteiger partial charge on any atom is 0.410 e. The summed E-state index contributed by atoms with van der Waals surface area (Å²) in [6.07, 6.45) is 2.79. The van der Waals surface area contributed by atoms with Crippen LogP contribution in [0.4, 0.5) is 4.79 Å². The van der Waals surface area contributed by atoms with Crippen LogP contribution in [0.5, 0.6) is 0 Å².